The largest absolute Gasteiger partial charge is 0.488 e. The number of rotatable bonds is 10. The number of nitrogens with zero attached hydrogens (tertiary/aromatic N) is 3. The average molecular weight is 711 g/mol. The number of hydrogen-bond acceptors (Lipinski definition) is 9. The van der Waals surface area contributed by atoms with Crippen molar-refractivity contribution in [2.45, 2.75) is 71.9 Å². The summed E-state index contributed by atoms with van der Waals surface area (Å²) in [5, 5.41) is 13.4. The van der Waals surface area contributed by atoms with Gasteiger partial charge in [-0.25, -0.2) is 4.79 Å². The fourth-order valence-corrected chi connectivity index (χ4v) is 6.35. The summed E-state index contributed by atoms with van der Waals surface area (Å²) < 4.78 is 29.8. The normalized spacial score (nSPS) is 14.5. The molecule has 51 heavy (non-hydrogen) atoms. The fraction of sp³-hybridized carbons (Fsp3) is 0.375. The Bertz CT molecular complexity index is 1910. The number of likely N-dealkylation sites (tertiary alicyclic amines) is 1. The summed E-state index contributed by atoms with van der Waals surface area (Å²) in [4.78, 5) is 18.5. The molecular weight excluding hydrogens is 668 g/mol. The van der Waals surface area contributed by atoms with Crippen LogP contribution in [0.3, 0.4) is 0 Å². The number of hydrogen-bond donors (Lipinski definition) is 1. The number of benzene rings is 3. The van der Waals surface area contributed by atoms with Crippen LogP contribution in [0, 0.1) is 18.3 Å². The molecule has 3 aromatic carbocycles. The predicted molar refractivity (Wildman–Crippen MR) is 194 cm³/mol. The number of pyridine rings is 1. The van der Waals surface area contributed by atoms with Gasteiger partial charge in [0.05, 0.1) is 10.6 Å². The minimum Gasteiger partial charge on any atom is -0.488 e. The molecule has 2 aliphatic rings. The van der Waals surface area contributed by atoms with Crippen LogP contribution < -0.4 is 24.3 Å². The van der Waals surface area contributed by atoms with E-state index in [0.717, 1.165) is 57.7 Å². The summed E-state index contributed by atoms with van der Waals surface area (Å²) in [6, 6.07) is 19.9. The number of nitrogens with one attached hydrogen (secondary N) is 1. The first kappa shape index (κ1) is 35.8. The molecule has 11 heteroatoms. The van der Waals surface area contributed by atoms with Crippen LogP contribution in [0.15, 0.2) is 67.0 Å². The quantitative estimate of drug-likeness (QED) is 0.175. The van der Waals surface area contributed by atoms with E-state index in [9.17, 15) is 10.1 Å². The van der Waals surface area contributed by atoms with Crippen LogP contribution in [0.5, 0.6) is 23.0 Å². The molecule has 0 unspecified atom stereocenters. The van der Waals surface area contributed by atoms with E-state index in [1.165, 1.54) is 6.20 Å². The van der Waals surface area contributed by atoms with Crippen molar-refractivity contribution in [3.05, 3.63) is 99.8 Å². The van der Waals surface area contributed by atoms with Gasteiger partial charge in [-0.1, -0.05) is 35.9 Å². The molecule has 4 aromatic rings. The number of fused-ring (bicyclic) bond motifs is 1. The van der Waals surface area contributed by atoms with Gasteiger partial charge in [-0.3, -0.25) is 4.98 Å². The van der Waals surface area contributed by atoms with Gasteiger partial charge >= 0.3 is 6.09 Å². The summed E-state index contributed by atoms with van der Waals surface area (Å²) in [6.07, 6.45) is 4.51. The van der Waals surface area contributed by atoms with E-state index in [0.29, 0.717) is 61.5 Å². The van der Waals surface area contributed by atoms with Crippen molar-refractivity contribution in [2.75, 3.05) is 26.3 Å². The van der Waals surface area contributed by atoms with Crippen molar-refractivity contribution in [1.82, 2.24) is 15.2 Å². The molecule has 6 rings (SSSR count). The third-order valence-corrected chi connectivity index (χ3v) is 9.14. The number of carbonyl (C=O) groups excluding carboxylic acids is 1. The number of nitriles is 1. The first-order chi connectivity index (χ1) is 24.6. The van der Waals surface area contributed by atoms with Crippen LogP contribution in [0.4, 0.5) is 4.79 Å². The van der Waals surface area contributed by atoms with Crippen molar-refractivity contribution in [2.24, 2.45) is 0 Å². The maximum Gasteiger partial charge on any atom is 0.410 e. The third-order valence-electron chi connectivity index (χ3n) is 8.84. The Morgan fingerprint density at radius 3 is 2.51 bits per heavy atom. The van der Waals surface area contributed by atoms with E-state index in [1.54, 1.807) is 17.2 Å². The lowest BCUT2D eigenvalue weighted by Crippen LogP contribution is -2.46. The van der Waals surface area contributed by atoms with E-state index in [-0.39, 0.29) is 18.7 Å². The lowest BCUT2D eigenvalue weighted by Gasteiger charge is -2.34. The highest BCUT2D eigenvalue weighted by molar-refractivity contribution is 6.32. The molecule has 0 radical (unpaired) electrons. The molecule has 1 fully saturated rings. The van der Waals surface area contributed by atoms with Gasteiger partial charge in [0.2, 0.25) is 0 Å². The molecule has 0 atom stereocenters. The van der Waals surface area contributed by atoms with E-state index < -0.39 is 5.60 Å². The highest BCUT2D eigenvalue weighted by Crippen LogP contribution is 2.37. The second-order valence-electron chi connectivity index (χ2n) is 13.7. The first-order valence-corrected chi connectivity index (χ1v) is 17.6. The molecule has 266 valence electrons. The number of ether oxygens (including phenoxy) is 5. The topological polar surface area (TPSA) is 115 Å². The van der Waals surface area contributed by atoms with E-state index >= 15 is 0 Å². The van der Waals surface area contributed by atoms with Crippen LogP contribution in [0.25, 0.3) is 11.1 Å². The van der Waals surface area contributed by atoms with Gasteiger partial charge in [0.15, 0.2) is 11.5 Å². The number of aromatic nitrogens is 1. The van der Waals surface area contributed by atoms with Gasteiger partial charge in [0, 0.05) is 55.3 Å². The van der Waals surface area contributed by atoms with Gasteiger partial charge < -0.3 is 33.9 Å². The van der Waals surface area contributed by atoms with Crippen LogP contribution in [0.1, 0.15) is 61.4 Å². The van der Waals surface area contributed by atoms with Crippen LogP contribution in [0.2, 0.25) is 5.02 Å². The van der Waals surface area contributed by atoms with Crippen LogP contribution in [-0.2, 0) is 24.5 Å². The SMILES string of the molecule is Cc1c(COc2cc(OCc3cncc(C#N)c3)c(CNC3CCN(C(=O)OC(C)(C)C)CC3)cc2Cl)cccc1-c1ccc2c(c1)OCCO2. The Labute approximate surface area is 304 Å². The maximum atomic E-state index is 12.5. The van der Waals surface area contributed by atoms with Crippen molar-refractivity contribution >= 4 is 17.7 Å². The standard InChI is InChI=1S/C40H43ClN4O6/c1-26-30(6-5-7-33(26)29-8-9-35-38(18-29)48-15-14-47-35)25-50-37-19-36(49-24-28-16-27(20-42)21-43-22-28)31(17-34(37)41)23-44-32-10-12-45(13-11-32)39(46)51-40(2,3)4/h5-9,16-19,21-22,32,44H,10-15,23-25H2,1-4H3. The highest BCUT2D eigenvalue weighted by Gasteiger charge is 2.27. The van der Waals surface area contributed by atoms with Crippen molar-refractivity contribution in [3.63, 3.8) is 0 Å². The van der Waals surface area contributed by atoms with E-state index in [4.69, 9.17) is 35.3 Å². The number of piperidine rings is 1. The monoisotopic (exact) mass is 710 g/mol. The Hall–Kier alpha value is -4.98. The first-order valence-electron chi connectivity index (χ1n) is 17.2. The molecule has 3 heterocycles. The summed E-state index contributed by atoms with van der Waals surface area (Å²) >= 11 is 6.85. The zero-order valence-electron chi connectivity index (χ0n) is 29.5. The molecule has 1 saturated heterocycles. The highest BCUT2D eigenvalue weighted by atomic mass is 35.5. The molecule has 1 aromatic heterocycles. The summed E-state index contributed by atoms with van der Waals surface area (Å²) in [5.41, 5.74) is 5.79. The molecule has 1 amide bonds. The molecule has 0 bridgehead atoms. The van der Waals surface area contributed by atoms with Crippen molar-refractivity contribution < 1.29 is 28.5 Å². The minimum atomic E-state index is -0.527. The van der Waals surface area contributed by atoms with Gasteiger partial charge in [-0.15, -0.1) is 0 Å². The lowest BCUT2D eigenvalue weighted by atomic mass is 9.96. The zero-order valence-corrected chi connectivity index (χ0v) is 30.2. The van der Waals surface area contributed by atoms with Crippen LogP contribution >= 0.6 is 11.6 Å². The molecule has 0 spiro atoms. The summed E-state index contributed by atoms with van der Waals surface area (Å²) in [6.45, 7) is 11.0. The third kappa shape index (κ3) is 9.23. The minimum absolute atomic E-state index is 0.201. The number of amides is 1. The Morgan fingerprint density at radius 2 is 1.75 bits per heavy atom. The van der Waals surface area contributed by atoms with Crippen molar-refractivity contribution in [3.8, 4) is 40.2 Å². The smallest absolute Gasteiger partial charge is 0.410 e. The Balaban J connectivity index is 1.16. The van der Waals surface area contributed by atoms with E-state index in [2.05, 4.69) is 29.4 Å². The predicted octanol–water partition coefficient (Wildman–Crippen LogP) is 8.00. The summed E-state index contributed by atoms with van der Waals surface area (Å²) in [5.74, 6) is 2.60. The second-order valence-corrected chi connectivity index (χ2v) is 14.1. The van der Waals surface area contributed by atoms with Gasteiger partial charge in [0.1, 0.15) is 49.6 Å². The molecule has 1 N–H and O–H groups in total. The maximum absolute atomic E-state index is 12.5. The molecule has 10 nitrogen and oxygen atoms in total. The van der Waals surface area contributed by atoms with Gasteiger partial charge in [-0.2, -0.15) is 5.26 Å². The van der Waals surface area contributed by atoms with Gasteiger partial charge in [0.25, 0.3) is 0 Å². The Morgan fingerprint density at radius 1 is 0.980 bits per heavy atom. The Kier molecular flexibility index (Phi) is 11.2. The number of carbonyl (C=O) groups is 1. The van der Waals surface area contributed by atoms with Gasteiger partial charge in [-0.05, 0) is 87.1 Å². The van der Waals surface area contributed by atoms with Crippen molar-refractivity contribution in [1.29, 1.82) is 5.26 Å². The zero-order chi connectivity index (χ0) is 36.0. The lowest BCUT2D eigenvalue weighted by molar-refractivity contribution is 0.0198. The number of halogens is 1. The summed E-state index contributed by atoms with van der Waals surface area (Å²) in [7, 11) is 0. The van der Waals surface area contributed by atoms with Crippen LogP contribution in [-0.4, -0.2) is 53.9 Å². The molecule has 2 aliphatic heterocycles. The second kappa shape index (κ2) is 15.9. The fourth-order valence-electron chi connectivity index (χ4n) is 6.11. The molecule has 0 aliphatic carbocycles. The average Bonchev–Trinajstić information content (AvgIpc) is 3.13. The van der Waals surface area contributed by atoms with E-state index in [1.807, 2.05) is 63.2 Å². The molecular formula is C40H43ClN4O6. The molecule has 0 saturated carbocycles.